The standard InChI is InChI=1S/C20H33BN4O3/c1-14(2)25(17-9-8-10-24(13-17)15(3)26)18-22-11-16(12-23-18)21-27-19(4,5)20(6,7)28-21/h11-12,14,17H,8-10,13H2,1-7H3. The molecule has 0 radical (unpaired) electrons. The largest absolute Gasteiger partial charge is 0.498 e. The molecule has 0 bridgehead atoms. The molecular weight excluding hydrogens is 355 g/mol. The van der Waals surface area contributed by atoms with Crippen LogP contribution in [0.4, 0.5) is 5.95 Å². The number of rotatable bonds is 4. The first-order valence-electron chi connectivity index (χ1n) is 10.2. The van der Waals surface area contributed by atoms with Crippen molar-refractivity contribution in [1.82, 2.24) is 14.9 Å². The van der Waals surface area contributed by atoms with E-state index >= 15 is 0 Å². The van der Waals surface area contributed by atoms with Crippen molar-refractivity contribution in [2.45, 2.75) is 84.6 Å². The number of amides is 1. The maximum absolute atomic E-state index is 11.8. The third-order valence-electron chi connectivity index (χ3n) is 6.21. The predicted octanol–water partition coefficient (Wildman–Crippen LogP) is 2.00. The first-order chi connectivity index (χ1) is 13.0. The van der Waals surface area contributed by atoms with Crippen LogP contribution in [0.25, 0.3) is 0 Å². The summed E-state index contributed by atoms with van der Waals surface area (Å²) < 4.78 is 12.2. The minimum absolute atomic E-state index is 0.130. The normalized spacial score (nSPS) is 23.9. The van der Waals surface area contributed by atoms with E-state index in [1.807, 2.05) is 32.6 Å². The molecule has 0 aromatic carbocycles. The molecule has 0 N–H and O–H groups in total. The van der Waals surface area contributed by atoms with Gasteiger partial charge in [0.05, 0.1) is 11.2 Å². The van der Waals surface area contributed by atoms with E-state index in [1.54, 1.807) is 19.3 Å². The summed E-state index contributed by atoms with van der Waals surface area (Å²) in [6.45, 7) is 15.6. The summed E-state index contributed by atoms with van der Waals surface area (Å²) in [7, 11) is -0.463. The molecule has 2 aliphatic rings. The monoisotopic (exact) mass is 388 g/mol. The third-order valence-corrected chi connectivity index (χ3v) is 6.21. The average Bonchev–Trinajstić information content (AvgIpc) is 2.83. The second-order valence-electron chi connectivity index (χ2n) is 9.17. The SMILES string of the molecule is CC(=O)N1CCCC(N(c2ncc(B3OC(C)(C)C(C)(C)O3)cn2)C(C)C)C1. The number of nitrogens with zero attached hydrogens (tertiary/aromatic N) is 4. The zero-order valence-electron chi connectivity index (χ0n) is 18.2. The van der Waals surface area contributed by atoms with Gasteiger partial charge in [0.15, 0.2) is 0 Å². The van der Waals surface area contributed by atoms with Gasteiger partial charge in [0.25, 0.3) is 0 Å². The lowest BCUT2D eigenvalue weighted by Gasteiger charge is -2.41. The summed E-state index contributed by atoms with van der Waals surface area (Å²) >= 11 is 0. The van der Waals surface area contributed by atoms with Crippen LogP contribution >= 0.6 is 0 Å². The lowest BCUT2D eigenvalue weighted by molar-refractivity contribution is -0.130. The van der Waals surface area contributed by atoms with Crippen molar-refractivity contribution in [2.24, 2.45) is 0 Å². The Morgan fingerprint density at radius 3 is 2.29 bits per heavy atom. The van der Waals surface area contributed by atoms with Gasteiger partial charge in [-0.05, 0) is 54.4 Å². The fourth-order valence-corrected chi connectivity index (χ4v) is 3.85. The van der Waals surface area contributed by atoms with Crippen LogP contribution in [0.2, 0.25) is 0 Å². The number of aromatic nitrogens is 2. The predicted molar refractivity (Wildman–Crippen MR) is 111 cm³/mol. The zero-order valence-corrected chi connectivity index (χ0v) is 18.2. The fourth-order valence-electron chi connectivity index (χ4n) is 3.85. The Labute approximate surface area is 168 Å². The van der Waals surface area contributed by atoms with E-state index < -0.39 is 18.3 Å². The van der Waals surface area contributed by atoms with Gasteiger partial charge in [-0.3, -0.25) is 4.79 Å². The fraction of sp³-hybridized carbons (Fsp3) is 0.750. The minimum Gasteiger partial charge on any atom is -0.399 e. The first kappa shape index (κ1) is 21.1. The van der Waals surface area contributed by atoms with E-state index in [0.29, 0.717) is 5.95 Å². The highest BCUT2D eigenvalue weighted by Crippen LogP contribution is 2.36. The van der Waals surface area contributed by atoms with Crippen LogP contribution in [0.5, 0.6) is 0 Å². The van der Waals surface area contributed by atoms with E-state index in [2.05, 4.69) is 28.7 Å². The van der Waals surface area contributed by atoms with Crippen molar-refractivity contribution >= 4 is 24.4 Å². The Bertz CT molecular complexity index is 692. The summed E-state index contributed by atoms with van der Waals surface area (Å²) in [5.74, 6) is 0.816. The molecule has 0 aliphatic carbocycles. The Morgan fingerprint density at radius 1 is 1.21 bits per heavy atom. The number of piperidine rings is 1. The van der Waals surface area contributed by atoms with Gasteiger partial charge in [0.1, 0.15) is 0 Å². The molecule has 1 aromatic heterocycles. The molecule has 0 saturated carbocycles. The molecule has 154 valence electrons. The molecule has 1 unspecified atom stereocenters. The molecular formula is C20H33BN4O3. The average molecular weight is 388 g/mol. The van der Waals surface area contributed by atoms with Crippen molar-refractivity contribution < 1.29 is 14.1 Å². The summed E-state index contributed by atoms with van der Waals surface area (Å²) in [6, 6.07) is 0.458. The molecule has 1 amide bonds. The maximum Gasteiger partial charge on any atom is 0.498 e. The van der Waals surface area contributed by atoms with Crippen molar-refractivity contribution in [3.05, 3.63) is 12.4 Å². The summed E-state index contributed by atoms with van der Waals surface area (Å²) in [5.41, 5.74) is 0.0389. The first-order valence-corrected chi connectivity index (χ1v) is 10.2. The van der Waals surface area contributed by atoms with E-state index in [9.17, 15) is 4.79 Å². The highest BCUT2D eigenvalue weighted by Gasteiger charge is 2.52. The Hall–Kier alpha value is -1.67. The van der Waals surface area contributed by atoms with Crippen LogP contribution in [0.1, 0.15) is 61.3 Å². The van der Waals surface area contributed by atoms with Gasteiger partial charge >= 0.3 is 7.12 Å². The molecule has 1 atom stereocenters. The lowest BCUT2D eigenvalue weighted by atomic mass is 9.81. The van der Waals surface area contributed by atoms with Crippen molar-refractivity contribution in [3.8, 4) is 0 Å². The summed E-state index contributed by atoms with van der Waals surface area (Å²) in [5, 5.41) is 0. The highest BCUT2D eigenvalue weighted by atomic mass is 16.7. The van der Waals surface area contributed by atoms with Crippen molar-refractivity contribution in [2.75, 3.05) is 18.0 Å². The van der Waals surface area contributed by atoms with Crippen LogP contribution in [0.3, 0.4) is 0 Å². The Kier molecular flexibility index (Phi) is 5.74. The van der Waals surface area contributed by atoms with Gasteiger partial charge in [-0.15, -0.1) is 0 Å². The molecule has 2 saturated heterocycles. The molecule has 0 spiro atoms. The number of anilines is 1. The Morgan fingerprint density at radius 2 is 1.79 bits per heavy atom. The van der Waals surface area contributed by atoms with Crippen molar-refractivity contribution in [1.29, 1.82) is 0 Å². The van der Waals surface area contributed by atoms with E-state index in [-0.39, 0.29) is 18.0 Å². The van der Waals surface area contributed by atoms with Crippen molar-refractivity contribution in [3.63, 3.8) is 0 Å². The number of likely N-dealkylation sites (tertiary alicyclic amines) is 1. The van der Waals surface area contributed by atoms with Gasteiger partial charge < -0.3 is 19.1 Å². The second kappa shape index (κ2) is 7.63. The smallest absolute Gasteiger partial charge is 0.399 e. The molecule has 8 heteroatoms. The second-order valence-corrected chi connectivity index (χ2v) is 9.17. The van der Waals surface area contributed by atoms with E-state index in [4.69, 9.17) is 9.31 Å². The molecule has 3 heterocycles. The zero-order chi connectivity index (χ0) is 20.7. The van der Waals surface area contributed by atoms with Gasteiger partial charge in [0, 0.05) is 50.0 Å². The molecule has 1 aromatic rings. The van der Waals surface area contributed by atoms with Crippen LogP contribution in [-0.2, 0) is 14.1 Å². The number of carbonyl (C=O) groups is 1. The molecule has 2 fully saturated rings. The van der Waals surface area contributed by atoms with Crippen LogP contribution in [0, 0.1) is 0 Å². The van der Waals surface area contributed by atoms with Crippen LogP contribution in [-0.4, -0.2) is 64.3 Å². The van der Waals surface area contributed by atoms with E-state index in [0.717, 1.165) is 31.4 Å². The minimum atomic E-state index is -0.463. The van der Waals surface area contributed by atoms with E-state index in [1.165, 1.54) is 0 Å². The highest BCUT2D eigenvalue weighted by molar-refractivity contribution is 6.61. The van der Waals surface area contributed by atoms with Crippen LogP contribution < -0.4 is 10.4 Å². The van der Waals surface area contributed by atoms with Gasteiger partial charge in [-0.1, -0.05) is 0 Å². The van der Waals surface area contributed by atoms with Gasteiger partial charge in [-0.2, -0.15) is 0 Å². The third kappa shape index (κ3) is 4.03. The van der Waals surface area contributed by atoms with Gasteiger partial charge in [-0.25, -0.2) is 9.97 Å². The van der Waals surface area contributed by atoms with Gasteiger partial charge in [0.2, 0.25) is 11.9 Å². The number of hydrogen-bond donors (Lipinski definition) is 0. The molecule has 7 nitrogen and oxygen atoms in total. The van der Waals surface area contributed by atoms with Crippen LogP contribution in [0.15, 0.2) is 12.4 Å². The Balaban J connectivity index is 1.78. The lowest BCUT2D eigenvalue weighted by Crippen LogP contribution is -2.52. The topological polar surface area (TPSA) is 67.8 Å². The molecule has 3 rings (SSSR count). The number of carbonyl (C=O) groups excluding carboxylic acids is 1. The summed E-state index contributed by atoms with van der Waals surface area (Å²) in [6.07, 6.45) is 5.63. The maximum atomic E-state index is 11.8. The number of hydrogen-bond acceptors (Lipinski definition) is 6. The quantitative estimate of drug-likeness (QED) is 0.735. The molecule has 28 heavy (non-hydrogen) atoms. The summed E-state index contributed by atoms with van der Waals surface area (Å²) in [4.78, 5) is 25.2. The molecule has 2 aliphatic heterocycles.